The normalized spacial score (nSPS) is 15.7. The second-order valence-electron chi connectivity index (χ2n) is 8.80. The van der Waals surface area contributed by atoms with Gasteiger partial charge in [-0.3, -0.25) is 4.90 Å². The minimum Gasteiger partial charge on any atom is -0.461 e. The molecule has 1 unspecified atom stereocenters. The summed E-state index contributed by atoms with van der Waals surface area (Å²) in [6.07, 6.45) is 5.64. The van der Waals surface area contributed by atoms with Crippen LogP contribution in [0.25, 0.3) is 17.2 Å². The molecular formula is C25H30FN7O. The lowest BCUT2D eigenvalue weighted by atomic mass is 10.2. The van der Waals surface area contributed by atoms with Gasteiger partial charge in [0.2, 0.25) is 11.8 Å². The summed E-state index contributed by atoms with van der Waals surface area (Å²) in [4.78, 5) is 14.0. The highest BCUT2D eigenvalue weighted by atomic mass is 19.1. The fraction of sp³-hybridized carbons (Fsp3) is 0.400. The Hall–Kier alpha value is -3.46. The lowest BCUT2D eigenvalue weighted by Crippen LogP contribution is -2.46. The van der Waals surface area contributed by atoms with Crippen molar-refractivity contribution in [3.8, 4) is 11.6 Å². The molecule has 9 heteroatoms. The molecule has 0 saturated carbocycles. The number of aromatic nitrogens is 4. The number of benzene rings is 1. The van der Waals surface area contributed by atoms with E-state index in [0.29, 0.717) is 29.8 Å². The summed E-state index contributed by atoms with van der Waals surface area (Å²) in [5, 5.41) is 8.17. The molecule has 1 aliphatic rings. The summed E-state index contributed by atoms with van der Waals surface area (Å²) in [6.45, 7) is 8.19. The average molecular weight is 464 g/mol. The smallest absolute Gasteiger partial charge is 0.226 e. The number of para-hydroxylation sites is 1. The molecule has 1 saturated heterocycles. The van der Waals surface area contributed by atoms with Crippen LogP contribution in [0.1, 0.15) is 32.3 Å². The van der Waals surface area contributed by atoms with Gasteiger partial charge >= 0.3 is 0 Å². The number of rotatable bonds is 8. The first kappa shape index (κ1) is 22.3. The molecule has 1 aliphatic heterocycles. The van der Waals surface area contributed by atoms with Crippen molar-refractivity contribution >= 4 is 17.3 Å². The van der Waals surface area contributed by atoms with Gasteiger partial charge in [-0.05, 0) is 37.6 Å². The zero-order valence-corrected chi connectivity index (χ0v) is 19.6. The van der Waals surface area contributed by atoms with Crippen molar-refractivity contribution < 1.29 is 8.81 Å². The van der Waals surface area contributed by atoms with Gasteiger partial charge in [0, 0.05) is 50.5 Å². The lowest BCUT2D eigenvalue weighted by molar-refractivity contribution is 0.249. The van der Waals surface area contributed by atoms with Crippen molar-refractivity contribution in [2.75, 3.05) is 36.4 Å². The standard InChI is InChI=1S/C25H30FN7O/c1-3-7-18(2)28-25-27-16-19(24-29-23(30-33(24)25)22-10-6-15-34-22)17-31-11-13-32(14-12-31)21-9-5-4-8-20(21)26/h4-6,8-10,15-16,18H,3,7,11-14,17H2,1-2H3,(H,27,28). The van der Waals surface area contributed by atoms with Gasteiger partial charge in [-0.2, -0.15) is 4.52 Å². The molecule has 4 aromatic rings. The number of nitrogens with zero attached hydrogens (tertiary/aromatic N) is 6. The number of fused-ring (bicyclic) bond motifs is 1. The molecule has 0 spiro atoms. The van der Waals surface area contributed by atoms with Gasteiger partial charge < -0.3 is 14.6 Å². The molecule has 34 heavy (non-hydrogen) atoms. The zero-order valence-electron chi connectivity index (χ0n) is 19.6. The highest BCUT2D eigenvalue weighted by Crippen LogP contribution is 2.24. The van der Waals surface area contributed by atoms with Gasteiger partial charge in [0.25, 0.3) is 0 Å². The van der Waals surface area contributed by atoms with Gasteiger partial charge in [0.15, 0.2) is 11.4 Å². The van der Waals surface area contributed by atoms with Crippen molar-refractivity contribution in [1.82, 2.24) is 24.5 Å². The molecule has 4 heterocycles. The van der Waals surface area contributed by atoms with Crippen molar-refractivity contribution in [2.45, 2.75) is 39.3 Å². The van der Waals surface area contributed by atoms with Crippen LogP contribution in [0.3, 0.4) is 0 Å². The van der Waals surface area contributed by atoms with Crippen molar-refractivity contribution in [2.24, 2.45) is 0 Å². The Morgan fingerprint density at radius 2 is 1.94 bits per heavy atom. The number of hydrogen-bond donors (Lipinski definition) is 1. The van der Waals surface area contributed by atoms with Gasteiger partial charge in [0.1, 0.15) is 5.82 Å². The van der Waals surface area contributed by atoms with Crippen LogP contribution in [0.4, 0.5) is 16.0 Å². The number of furan rings is 1. The molecule has 5 rings (SSSR count). The minimum atomic E-state index is -0.170. The summed E-state index contributed by atoms with van der Waals surface area (Å²) in [7, 11) is 0. The maximum Gasteiger partial charge on any atom is 0.226 e. The summed E-state index contributed by atoms with van der Waals surface area (Å²) < 4.78 is 21.5. The van der Waals surface area contributed by atoms with E-state index in [4.69, 9.17) is 19.5 Å². The van der Waals surface area contributed by atoms with Gasteiger partial charge in [-0.25, -0.2) is 14.4 Å². The second-order valence-corrected chi connectivity index (χ2v) is 8.80. The van der Waals surface area contributed by atoms with Crippen LogP contribution in [-0.2, 0) is 6.54 Å². The minimum absolute atomic E-state index is 0.170. The van der Waals surface area contributed by atoms with Crippen LogP contribution >= 0.6 is 0 Å². The maximum absolute atomic E-state index is 14.2. The fourth-order valence-electron chi connectivity index (χ4n) is 4.46. The Bertz CT molecular complexity index is 1230. The Morgan fingerprint density at radius 1 is 1.12 bits per heavy atom. The Morgan fingerprint density at radius 3 is 2.68 bits per heavy atom. The maximum atomic E-state index is 14.2. The summed E-state index contributed by atoms with van der Waals surface area (Å²) in [5.41, 5.74) is 2.44. The van der Waals surface area contributed by atoms with E-state index in [0.717, 1.165) is 50.2 Å². The van der Waals surface area contributed by atoms with E-state index in [1.54, 1.807) is 16.8 Å². The monoisotopic (exact) mass is 463 g/mol. The summed E-state index contributed by atoms with van der Waals surface area (Å²) in [6, 6.07) is 10.9. The topological polar surface area (TPSA) is 74.7 Å². The van der Waals surface area contributed by atoms with Crippen LogP contribution < -0.4 is 10.2 Å². The third-order valence-corrected chi connectivity index (χ3v) is 6.24. The van der Waals surface area contributed by atoms with E-state index in [1.807, 2.05) is 30.5 Å². The van der Waals surface area contributed by atoms with Crippen LogP contribution in [0.2, 0.25) is 0 Å². The van der Waals surface area contributed by atoms with Crippen molar-refractivity contribution in [3.05, 3.63) is 60.2 Å². The summed E-state index contributed by atoms with van der Waals surface area (Å²) in [5.74, 6) is 1.67. The number of piperazine rings is 1. The van der Waals surface area contributed by atoms with Crippen molar-refractivity contribution in [3.63, 3.8) is 0 Å². The van der Waals surface area contributed by atoms with E-state index in [9.17, 15) is 4.39 Å². The molecule has 178 valence electrons. The molecule has 0 amide bonds. The van der Waals surface area contributed by atoms with E-state index in [2.05, 4.69) is 29.0 Å². The largest absolute Gasteiger partial charge is 0.461 e. The predicted octanol–water partition coefficient (Wildman–Crippen LogP) is 4.45. The first-order chi connectivity index (χ1) is 16.6. The number of nitrogens with one attached hydrogen (secondary N) is 1. The van der Waals surface area contributed by atoms with Crippen molar-refractivity contribution in [1.29, 1.82) is 0 Å². The van der Waals surface area contributed by atoms with Gasteiger partial charge in [-0.15, -0.1) is 5.10 Å². The fourth-order valence-corrected chi connectivity index (χ4v) is 4.46. The van der Waals surface area contributed by atoms with E-state index < -0.39 is 0 Å². The number of hydrogen-bond acceptors (Lipinski definition) is 7. The highest BCUT2D eigenvalue weighted by molar-refractivity contribution is 5.58. The zero-order chi connectivity index (χ0) is 23.5. The van der Waals surface area contributed by atoms with E-state index >= 15 is 0 Å². The Labute approximate surface area is 198 Å². The molecule has 1 fully saturated rings. The lowest BCUT2D eigenvalue weighted by Gasteiger charge is -2.36. The van der Waals surface area contributed by atoms with Gasteiger partial charge in [-0.1, -0.05) is 25.5 Å². The average Bonchev–Trinajstić information content (AvgIpc) is 3.52. The van der Waals surface area contributed by atoms with Crippen LogP contribution in [0.5, 0.6) is 0 Å². The molecule has 1 N–H and O–H groups in total. The second kappa shape index (κ2) is 9.80. The van der Waals surface area contributed by atoms with E-state index in [1.165, 1.54) is 6.07 Å². The third-order valence-electron chi connectivity index (χ3n) is 6.24. The van der Waals surface area contributed by atoms with Gasteiger partial charge in [0.05, 0.1) is 12.0 Å². The number of anilines is 2. The Kier molecular flexibility index (Phi) is 6.44. The quantitative estimate of drug-likeness (QED) is 0.414. The molecule has 0 aliphatic carbocycles. The van der Waals surface area contributed by atoms with E-state index in [-0.39, 0.29) is 11.9 Å². The molecule has 3 aromatic heterocycles. The molecule has 8 nitrogen and oxygen atoms in total. The summed E-state index contributed by atoms with van der Waals surface area (Å²) >= 11 is 0. The number of halogens is 1. The SMILES string of the molecule is CCCC(C)Nc1ncc(CN2CCN(c3ccccc3F)CC2)c2nc(-c3ccco3)nn12. The first-order valence-corrected chi connectivity index (χ1v) is 11.9. The highest BCUT2D eigenvalue weighted by Gasteiger charge is 2.22. The van der Waals surface area contributed by atoms with Crippen LogP contribution in [0.15, 0.2) is 53.3 Å². The predicted molar refractivity (Wildman–Crippen MR) is 130 cm³/mol. The molecule has 0 radical (unpaired) electrons. The molecular weight excluding hydrogens is 433 g/mol. The van der Waals surface area contributed by atoms with Crippen LogP contribution in [0, 0.1) is 5.82 Å². The molecule has 1 aromatic carbocycles. The third kappa shape index (κ3) is 4.61. The van der Waals surface area contributed by atoms with Crippen LogP contribution in [-0.4, -0.2) is 56.7 Å². The molecule has 1 atom stereocenters. The molecule has 0 bridgehead atoms. The Balaban J connectivity index is 1.37. The first-order valence-electron chi connectivity index (χ1n) is 11.9.